The van der Waals surface area contributed by atoms with Crippen LogP contribution in [0.25, 0.3) is 11.3 Å². The van der Waals surface area contributed by atoms with Crippen molar-refractivity contribution >= 4 is 29.0 Å². The van der Waals surface area contributed by atoms with Crippen molar-refractivity contribution in [2.24, 2.45) is 0 Å². The average molecular weight is 482 g/mol. The molecule has 28 heavy (non-hydrogen) atoms. The van der Waals surface area contributed by atoms with Crippen molar-refractivity contribution in [1.29, 1.82) is 0 Å². The van der Waals surface area contributed by atoms with Gasteiger partial charge in [-0.2, -0.15) is 0 Å². The Morgan fingerprint density at radius 1 is 1.18 bits per heavy atom. The molecule has 7 heteroatoms. The Morgan fingerprint density at radius 2 is 2.00 bits per heavy atom. The highest BCUT2D eigenvalue weighted by Gasteiger charge is 2.30. The first-order valence-electron chi connectivity index (χ1n) is 8.81. The molecule has 3 aromatic rings. The number of fused-ring (bicyclic) bond motifs is 1. The van der Waals surface area contributed by atoms with Crippen LogP contribution in [0.4, 0.5) is 0 Å². The molecule has 2 aromatic carbocycles. The van der Waals surface area contributed by atoms with Gasteiger partial charge in [-0.25, -0.2) is 9.13 Å². The summed E-state index contributed by atoms with van der Waals surface area (Å²) in [7, 11) is 1.60. The van der Waals surface area contributed by atoms with Crippen LogP contribution in [0.2, 0.25) is 10.0 Å². The molecule has 1 aliphatic heterocycles. The van der Waals surface area contributed by atoms with Gasteiger partial charge in [0.1, 0.15) is 11.9 Å². The average Bonchev–Trinajstić information content (AvgIpc) is 3.28. The van der Waals surface area contributed by atoms with Crippen molar-refractivity contribution in [3.63, 3.8) is 0 Å². The molecule has 0 spiro atoms. The summed E-state index contributed by atoms with van der Waals surface area (Å²) in [5.41, 5.74) is 2.70. The fourth-order valence-electron chi connectivity index (χ4n) is 3.57. The molecule has 0 radical (unpaired) electrons. The topological polar surface area (TPSA) is 35.1 Å². The Balaban J connectivity index is 0.00000225. The maximum atomic E-state index is 12.8. The van der Waals surface area contributed by atoms with Crippen LogP contribution in [0.5, 0.6) is 5.75 Å². The molecule has 0 N–H and O–H groups in total. The van der Waals surface area contributed by atoms with E-state index in [1.807, 2.05) is 41.1 Å². The maximum absolute atomic E-state index is 12.8. The van der Waals surface area contributed by atoms with Crippen LogP contribution < -0.4 is 26.3 Å². The van der Waals surface area contributed by atoms with Crippen LogP contribution in [-0.2, 0) is 19.5 Å². The molecule has 4 rings (SSSR count). The number of halogens is 3. The predicted molar refractivity (Wildman–Crippen MR) is 106 cm³/mol. The second kappa shape index (κ2) is 8.68. The molecule has 146 valence electrons. The van der Waals surface area contributed by atoms with Crippen LogP contribution >= 0.6 is 23.2 Å². The van der Waals surface area contributed by atoms with Gasteiger partial charge >= 0.3 is 0 Å². The van der Waals surface area contributed by atoms with E-state index in [-0.39, 0.29) is 22.8 Å². The van der Waals surface area contributed by atoms with Gasteiger partial charge in [-0.3, -0.25) is 4.79 Å². The summed E-state index contributed by atoms with van der Waals surface area (Å²) < 4.78 is 9.54. The number of hydrogen-bond donors (Lipinski definition) is 0. The van der Waals surface area contributed by atoms with E-state index >= 15 is 0 Å². The molecule has 2 heterocycles. The molecule has 1 aromatic heterocycles. The fourth-order valence-corrected chi connectivity index (χ4v) is 3.87. The summed E-state index contributed by atoms with van der Waals surface area (Å²) in [5, 5.41) is 1.07. The highest BCUT2D eigenvalue weighted by atomic mass is 79.9. The Hall–Kier alpha value is -1.82. The van der Waals surface area contributed by atoms with E-state index in [1.165, 1.54) is 0 Å². The number of ketones is 1. The van der Waals surface area contributed by atoms with Crippen LogP contribution in [0.1, 0.15) is 22.6 Å². The standard InChI is InChI=1S/C21H19Cl2N2O2.BrH/c1-27-16-5-2-4-15(10-16)20(26)13-24-12-19(25-9-3-6-21(24)25)14-7-8-17(22)18(23)11-14;/h2,4-5,7-8,10-12H,3,6,9,13H2,1H3;1H/q+1;/p-1. The molecule has 0 amide bonds. The zero-order valence-corrected chi connectivity index (χ0v) is 18.4. The van der Waals surface area contributed by atoms with E-state index < -0.39 is 0 Å². The van der Waals surface area contributed by atoms with Crippen LogP contribution in [-0.4, -0.2) is 17.5 Å². The lowest BCUT2D eigenvalue weighted by Gasteiger charge is -2.03. The lowest BCUT2D eigenvalue weighted by Crippen LogP contribution is -3.00. The van der Waals surface area contributed by atoms with E-state index in [1.54, 1.807) is 19.2 Å². The smallest absolute Gasteiger partial charge is 0.257 e. The summed E-state index contributed by atoms with van der Waals surface area (Å²) >= 11 is 12.3. The van der Waals surface area contributed by atoms with Crippen molar-refractivity contribution in [2.45, 2.75) is 25.9 Å². The zero-order chi connectivity index (χ0) is 19.0. The fraction of sp³-hybridized carbons (Fsp3) is 0.238. The lowest BCUT2D eigenvalue weighted by atomic mass is 10.1. The zero-order valence-electron chi connectivity index (χ0n) is 15.3. The van der Waals surface area contributed by atoms with Gasteiger partial charge in [-0.15, -0.1) is 0 Å². The van der Waals surface area contributed by atoms with Crippen molar-refractivity contribution in [1.82, 2.24) is 4.57 Å². The Bertz CT molecular complexity index is 1030. The molecule has 0 saturated heterocycles. The quantitative estimate of drug-likeness (QED) is 0.409. The minimum absolute atomic E-state index is 0. The summed E-state index contributed by atoms with van der Waals surface area (Å²) in [6, 6.07) is 12.9. The lowest BCUT2D eigenvalue weighted by molar-refractivity contribution is -0.689. The molecular weight excluding hydrogens is 463 g/mol. The number of nitrogens with zero attached hydrogens (tertiary/aromatic N) is 2. The summed E-state index contributed by atoms with van der Waals surface area (Å²) in [6.07, 6.45) is 4.05. The highest BCUT2D eigenvalue weighted by Crippen LogP contribution is 2.30. The molecule has 0 unspecified atom stereocenters. The summed E-state index contributed by atoms with van der Waals surface area (Å²) in [5.74, 6) is 1.90. The van der Waals surface area contributed by atoms with Gasteiger partial charge in [-0.1, -0.05) is 35.3 Å². The molecule has 0 atom stereocenters. The highest BCUT2D eigenvalue weighted by molar-refractivity contribution is 6.42. The monoisotopic (exact) mass is 480 g/mol. The number of imidazole rings is 1. The van der Waals surface area contributed by atoms with Gasteiger partial charge in [0.05, 0.1) is 30.1 Å². The van der Waals surface area contributed by atoms with Gasteiger partial charge in [-0.05, 0) is 36.8 Å². The third-order valence-corrected chi connectivity index (χ3v) is 5.65. The van der Waals surface area contributed by atoms with Crippen molar-refractivity contribution in [3.8, 4) is 17.0 Å². The first-order valence-corrected chi connectivity index (χ1v) is 9.57. The molecule has 1 aliphatic rings. The second-order valence-corrected chi connectivity index (χ2v) is 7.41. The number of methoxy groups -OCH3 is 1. The van der Waals surface area contributed by atoms with E-state index in [0.29, 0.717) is 27.9 Å². The number of hydrogen-bond acceptors (Lipinski definition) is 2. The van der Waals surface area contributed by atoms with E-state index in [0.717, 1.165) is 36.5 Å². The largest absolute Gasteiger partial charge is 1.00 e. The molecule has 0 aliphatic carbocycles. The van der Waals surface area contributed by atoms with Crippen molar-refractivity contribution in [2.75, 3.05) is 7.11 Å². The Labute approximate surface area is 184 Å². The number of carbonyl (C=O) groups excluding carboxylic acids is 1. The first kappa shape index (κ1) is 20.9. The molecule has 0 bridgehead atoms. The molecule has 0 saturated carbocycles. The summed E-state index contributed by atoms with van der Waals surface area (Å²) in [4.78, 5) is 12.8. The third-order valence-electron chi connectivity index (χ3n) is 4.92. The van der Waals surface area contributed by atoms with E-state index in [4.69, 9.17) is 27.9 Å². The van der Waals surface area contributed by atoms with Crippen LogP contribution in [0.15, 0.2) is 48.7 Å². The molecule has 0 fully saturated rings. The summed E-state index contributed by atoms with van der Waals surface area (Å²) in [6.45, 7) is 1.23. The van der Waals surface area contributed by atoms with Gasteiger partial charge in [0.25, 0.3) is 5.82 Å². The third kappa shape index (κ3) is 3.97. The minimum Gasteiger partial charge on any atom is -1.00 e. The number of Topliss-reactive ketones (excluding diaryl/α,β-unsaturated/α-hetero) is 1. The van der Waals surface area contributed by atoms with Gasteiger partial charge < -0.3 is 21.7 Å². The normalized spacial score (nSPS) is 12.4. The Morgan fingerprint density at radius 3 is 2.75 bits per heavy atom. The van der Waals surface area contributed by atoms with Crippen LogP contribution in [0.3, 0.4) is 0 Å². The number of benzene rings is 2. The minimum atomic E-state index is 0. The first-order chi connectivity index (χ1) is 13.1. The van der Waals surface area contributed by atoms with E-state index in [2.05, 4.69) is 4.57 Å². The van der Waals surface area contributed by atoms with Crippen LogP contribution in [0, 0.1) is 0 Å². The SMILES string of the molecule is COc1cccc(C(=O)C[n+]2cc(-c3ccc(Cl)c(Cl)c3)n3c2CCC3)c1.[Br-]. The number of carbonyl (C=O) groups is 1. The molecular formula is C21H19BrCl2N2O2. The van der Waals surface area contributed by atoms with Crippen molar-refractivity contribution in [3.05, 3.63) is 70.1 Å². The molecule has 4 nitrogen and oxygen atoms in total. The second-order valence-electron chi connectivity index (χ2n) is 6.60. The number of aromatic nitrogens is 2. The number of ether oxygens (including phenoxy) is 1. The van der Waals surface area contributed by atoms with Gasteiger partial charge in [0, 0.05) is 11.1 Å². The Kier molecular flexibility index (Phi) is 6.48. The number of rotatable bonds is 5. The van der Waals surface area contributed by atoms with Crippen molar-refractivity contribution < 1.29 is 31.1 Å². The maximum Gasteiger partial charge on any atom is 0.257 e. The van der Waals surface area contributed by atoms with Gasteiger partial charge in [0.15, 0.2) is 12.2 Å². The van der Waals surface area contributed by atoms with Gasteiger partial charge in [0.2, 0.25) is 5.78 Å². The predicted octanol–water partition coefficient (Wildman–Crippen LogP) is 1.59. The van der Waals surface area contributed by atoms with E-state index in [9.17, 15) is 4.79 Å².